The molecule has 0 bridgehead atoms. The van der Waals surface area contributed by atoms with Gasteiger partial charge in [0.15, 0.2) is 0 Å². The van der Waals surface area contributed by atoms with E-state index in [0.29, 0.717) is 18.5 Å². The molecule has 0 radical (unpaired) electrons. The van der Waals surface area contributed by atoms with Crippen LogP contribution >= 0.6 is 0 Å². The lowest BCUT2D eigenvalue weighted by Crippen LogP contribution is -2.43. The Morgan fingerprint density at radius 2 is 1.92 bits per heavy atom. The summed E-state index contributed by atoms with van der Waals surface area (Å²) in [5.74, 6) is -1.83. The number of nitrogens with one attached hydrogen (secondary N) is 2. The lowest BCUT2D eigenvalue weighted by Gasteiger charge is -2.26. The molecule has 0 aliphatic heterocycles. The van der Waals surface area contributed by atoms with E-state index in [2.05, 4.69) is 17.2 Å². The van der Waals surface area contributed by atoms with Crippen molar-refractivity contribution in [2.75, 3.05) is 17.7 Å². The second-order valence-electron chi connectivity index (χ2n) is 6.43. The largest absolute Gasteiger partial charge is 0.342 e. The highest BCUT2D eigenvalue weighted by molar-refractivity contribution is 6.13. The van der Waals surface area contributed by atoms with E-state index in [1.54, 1.807) is 11.9 Å². The quantitative estimate of drug-likeness (QED) is 0.613. The maximum Gasteiger partial charge on any atom is 0.247 e. The fourth-order valence-corrected chi connectivity index (χ4v) is 2.37. The highest BCUT2D eigenvalue weighted by Crippen LogP contribution is 2.48. The normalized spacial score (nSPS) is 14.6. The summed E-state index contributed by atoms with van der Waals surface area (Å²) in [5, 5.41) is 4.97. The van der Waals surface area contributed by atoms with Crippen molar-refractivity contribution in [2.24, 2.45) is 5.41 Å². The van der Waals surface area contributed by atoms with Crippen LogP contribution < -0.4 is 10.6 Å². The first kappa shape index (κ1) is 18.6. The average Bonchev–Trinajstić information content (AvgIpc) is 3.38. The molecule has 1 aliphatic carbocycles. The number of carbonyl (C=O) groups is 3. The first-order valence-corrected chi connectivity index (χ1v) is 8.03. The summed E-state index contributed by atoms with van der Waals surface area (Å²) in [5.41, 5.74) is -0.826. The summed E-state index contributed by atoms with van der Waals surface area (Å²) in [6.07, 6.45) is 1.98. The van der Waals surface area contributed by atoms with Crippen LogP contribution in [-0.2, 0) is 14.4 Å². The molecule has 1 aliphatic rings. The number of hydrogen-bond acceptors (Lipinski definition) is 3. The highest BCUT2D eigenvalue weighted by atomic mass is 19.1. The van der Waals surface area contributed by atoms with Gasteiger partial charge in [0, 0.05) is 18.8 Å². The topological polar surface area (TPSA) is 78.5 Å². The van der Waals surface area contributed by atoms with Crippen molar-refractivity contribution in [3.63, 3.8) is 0 Å². The van der Waals surface area contributed by atoms with Crippen LogP contribution in [0.15, 0.2) is 30.9 Å². The Morgan fingerprint density at radius 3 is 2.44 bits per heavy atom. The third-order valence-electron chi connectivity index (χ3n) is 4.36. The number of nitrogens with zero attached hydrogens (tertiary/aromatic N) is 1. The summed E-state index contributed by atoms with van der Waals surface area (Å²) in [6, 6.07) is 3.81. The van der Waals surface area contributed by atoms with Gasteiger partial charge in [-0.25, -0.2) is 4.39 Å². The minimum atomic E-state index is -1.06. The van der Waals surface area contributed by atoms with Gasteiger partial charge in [-0.3, -0.25) is 14.4 Å². The summed E-state index contributed by atoms with van der Waals surface area (Å²) in [6.45, 7) is 7.05. The fourth-order valence-electron chi connectivity index (χ4n) is 2.37. The van der Waals surface area contributed by atoms with Crippen LogP contribution in [0.4, 0.5) is 15.8 Å². The Kier molecular flexibility index (Phi) is 5.25. The molecule has 0 spiro atoms. The van der Waals surface area contributed by atoms with E-state index in [9.17, 15) is 18.8 Å². The Balaban J connectivity index is 2.15. The van der Waals surface area contributed by atoms with Gasteiger partial charge >= 0.3 is 0 Å². The van der Waals surface area contributed by atoms with E-state index in [1.807, 2.05) is 13.8 Å². The van der Waals surface area contributed by atoms with Crippen molar-refractivity contribution in [3.8, 4) is 0 Å². The van der Waals surface area contributed by atoms with Crippen molar-refractivity contribution in [3.05, 3.63) is 36.7 Å². The van der Waals surface area contributed by atoms with E-state index < -0.39 is 23.0 Å². The van der Waals surface area contributed by atoms with Crippen LogP contribution in [0, 0.1) is 11.2 Å². The zero-order chi connectivity index (χ0) is 18.8. The standard InChI is InChI=1S/C18H22FN3O3/c1-5-15(23)21-14-10-12(6-7-13(14)19)20-16(24)18(8-9-18)17(25)22(4)11(2)3/h5-7,10-11H,1,8-9H2,2-4H3,(H,20,24)(H,21,23). The summed E-state index contributed by atoms with van der Waals surface area (Å²) >= 11 is 0. The van der Waals surface area contributed by atoms with E-state index in [4.69, 9.17) is 0 Å². The van der Waals surface area contributed by atoms with Crippen LogP contribution in [0.25, 0.3) is 0 Å². The van der Waals surface area contributed by atoms with Crippen molar-refractivity contribution in [2.45, 2.75) is 32.7 Å². The van der Waals surface area contributed by atoms with Crippen LogP contribution in [0.2, 0.25) is 0 Å². The number of benzene rings is 1. The van der Waals surface area contributed by atoms with Gasteiger partial charge in [-0.2, -0.15) is 0 Å². The minimum Gasteiger partial charge on any atom is -0.342 e. The van der Waals surface area contributed by atoms with E-state index in [1.165, 1.54) is 12.1 Å². The molecular weight excluding hydrogens is 325 g/mol. The predicted octanol–water partition coefficient (Wildman–Crippen LogP) is 2.54. The molecule has 1 aromatic carbocycles. The number of amides is 3. The third kappa shape index (κ3) is 3.87. The average molecular weight is 347 g/mol. The maximum atomic E-state index is 13.8. The minimum absolute atomic E-state index is 0.00989. The molecule has 2 N–H and O–H groups in total. The fraction of sp³-hybridized carbons (Fsp3) is 0.389. The monoisotopic (exact) mass is 347 g/mol. The van der Waals surface area contributed by atoms with Gasteiger partial charge in [0.1, 0.15) is 11.2 Å². The molecule has 6 nitrogen and oxygen atoms in total. The van der Waals surface area contributed by atoms with Gasteiger partial charge in [0.05, 0.1) is 5.69 Å². The lowest BCUT2D eigenvalue weighted by molar-refractivity contribution is -0.142. The molecule has 0 atom stereocenters. The summed E-state index contributed by atoms with van der Waals surface area (Å²) < 4.78 is 13.8. The van der Waals surface area contributed by atoms with Crippen molar-refractivity contribution in [1.29, 1.82) is 0 Å². The molecule has 1 aromatic rings. The lowest BCUT2D eigenvalue weighted by atomic mass is 10.0. The number of hydrogen-bond donors (Lipinski definition) is 2. The highest BCUT2D eigenvalue weighted by Gasteiger charge is 2.57. The predicted molar refractivity (Wildman–Crippen MR) is 93.4 cm³/mol. The van der Waals surface area contributed by atoms with Crippen LogP contribution in [0.1, 0.15) is 26.7 Å². The second-order valence-corrected chi connectivity index (χ2v) is 6.43. The molecule has 2 rings (SSSR count). The molecule has 1 fully saturated rings. The summed E-state index contributed by atoms with van der Waals surface area (Å²) in [4.78, 5) is 38.0. The molecular formula is C18H22FN3O3. The third-order valence-corrected chi connectivity index (χ3v) is 4.36. The van der Waals surface area contributed by atoms with Crippen LogP contribution in [0.3, 0.4) is 0 Å². The van der Waals surface area contributed by atoms with E-state index in [-0.39, 0.29) is 17.6 Å². The van der Waals surface area contributed by atoms with Gasteiger partial charge in [0.25, 0.3) is 0 Å². The van der Waals surface area contributed by atoms with Crippen molar-refractivity contribution in [1.82, 2.24) is 4.90 Å². The van der Waals surface area contributed by atoms with Gasteiger partial charge in [-0.05, 0) is 51.0 Å². The molecule has 134 valence electrons. The zero-order valence-electron chi connectivity index (χ0n) is 14.6. The number of anilines is 2. The van der Waals surface area contributed by atoms with Gasteiger partial charge in [-0.15, -0.1) is 0 Å². The van der Waals surface area contributed by atoms with E-state index >= 15 is 0 Å². The smallest absolute Gasteiger partial charge is 0.247 e. The van der Waals surface area contributed by atoms with Gasteiger partial charge in [-0.1, -0.05) is 6.58 Å². The first-order chi connectivity index (χ1) is 11.7. The Bertz CT molecular complexity index is 726. The Hall–Kier alpha value is -2.70. The summed E-state index contributed by atoms with van der Waals surface area (Å²) in [7, 11) is 1.67. The molecule has 3 amide bonds. The van der Waals surface area contributed by atoms with Gasteiger partial charge < -0.3 is 15.5 Å². The second kappa shape index (κ2) is 7.04. The molecule has 0 saturated heterocycles. The van der Waals surface area contributed by atoms with E-state index in [0.717, 1.165) is 12.1 Å². The molecule has 25 heavy (non-hydrogen) atoms. The maximum absolute atomic E-state index is 13.8. The number of rotatable bonds is 6. The molecule has 7 heteroatoms. The van der Waals surface area contributed by atoms with Crippen molar-refractivity contribution < 1.29 is 18.8 Å². The van der Waals surface area contributed by atoms with Crippen LogP contribution in [0.5, 0.6) is 0 Å². The molecule has 0 heterocycles. The number of halogens is 1. The SMILES string of the molecule is C=CC(=O)Nc1cc(NC(=O)C2(C(=O)N(C)C(C)C)CC2)ccc1F. The molecule has 0 unspecified atom stereocenters. The zero-order valence-corrected chi connectivity index (χ0v) is 14.6. The number of carbonyl (C=O) groups excluding carboxylic acids is 3. The Labute approximate surface area is 146 Å². The van der Waals surface area contributed by atoms with Crippen molar-refractivity contribution >= 4 is 29.1 Å². The molecule has 1 saturated carbocycles. The first-order valence-electron chi connectivity index (χ1n) is 8.03. The molecule has 0 aromatic heterocycles. The Morgan fingerprint density at radius 1 is 1.28 bits per heavy atom. The van der Waals surface area contributed by atoms with Crippen LogP contribution in [-0.4, -0.2) is 35.7 Å². The van der Waals surface area contributed by atoms with Gasteiger partial charge in [0.2, 0.25) is 17.7 Å².